The number of para-hydroxylation sites is 1. The first-order valence-corrected chi connectivity index (χ1v) is 8.91. The van der Waals surface area contributed by atoms with E-state index in [2.05, 4.69) is 4.98 Å². The van der Waals surface area contributed by atoms with Crippen LogP contribution in [0.1, 0.15) is 37.1 Å². The third-order valence-corrected chi connectivity index (χ3v) is 5.81. The fourth-order valence-corrected chi connectivity index (χ4v) is 4.08. The number of amides is 1. The minimum absolute atomic E-state index is 0.213. The zero-order valence-corrected chi connectivity index (χ0v) is 14.5. The number of carbonyl (C=O) groups is 1. The van der Waals surface area contributed by atoms with Crippen molar-refractivity contribution in [1.29, 1.82) is 0 Å². The lowest BCUT2D eigenvalue weighted by molar-refractivity contribution is -0.254. The van der Waals surface area contributed by atoms with Crippen molar-refractivity contribution in [2.45, 2.75) is 43.9 Å². The van der Waals surface area contributed by atoms with Gasteiger partial charge in [0.1, 0.15) is 0 Å². The van der Waals surface area contributed by atoms with Crippen molar-refractivity contribution < 1.29 is 23.1 Å². The molecule has 1 fully saturated rings. The molecule has 4 nitrogen and oxygen atoms in total. The van der Waals surface area contributed by atoms with E-state index in [4.69, 9.17) is 0 Å². The van der Waals surface area contributed by atoms with Gasteiger partial charge in [0.2, 0.25) is 5.91 Å². The minimum atomic E-state index is -4.82. The van der Waals surface area contributed by atoms with Crippen LogP contribution in [0.3, 0.4) is 0 Å². The van der Waals surface area contributed by atoms with Crippen molar-refractivity contribution in [3.05, 3.63) is 29.3 Å². The molecule has 1 aliphatic heterocycles. The van der Waals surface area contributed by atoms with E-state index in [-0.39, 0.29) is 5.92 Å². The highest BCUT2D eigenvalue weighted by Gasteiger charge is 2.51. The van der Waals surface area contributed by atoms with Crippen molar-refractivity contribution in [1.82, 2.24) is 9.88 Å². The minimum Gasteiger partial charge on any atom is -0.380 e. The lowest BCUT2D eigenvalue weighted by Crippen LogP contribution is -2.48. The Morgan fingerprint density at radius 2 is 1.96 bits per heavy atom. The number of hydrogen-bond donors (Lipinski definition) is 1. The van der Waals surface area contributed by atoms with Crippen molar-refractivity contribution in [2.24, 2.45) is 0 Å². The molecule has 1 aliphatic rings. The van der Waals surface area contributed by atoms with E-state index in [9.17, 15) is 23.1 Å². The molecule has 2 aromatic rings. The molecule has 0 saturated carbocycles. The highest BCUT2D eigenvalue weighted by molar-refractivity contribution is 7.18. The molecule has 2 heterocycles. The fraction of sp³-hybridized carbons (Fsp3) is 0.529. The summed E-state index contributed by atoms with van der Waals surface area (Å²) in [7, 11) is 0. The topological polar surface area (TPSA) is 53.4 Å². The number of piperidine rings is 1. The van der Waals surface area contributed by atoms with Crippen LogP contribution in [0.2, 0.25) is 0 Å². The summed E-state index contributed by atoms with van der Waals surface area (Å²) in [5.74, 6) is -0.449. The number of carbonyl (C=O) groups excluding carboxylic acids is 1. The molecule has 3 rings (SSSR count). The summed E-state index contributed by atoms with van der Waals surface area (Å²) in [4.78, 5) is 18.1. The van der Waals surface area contributed by atoms with Gasteiger partial charge in [-0.05, 0) is 31.9 Å². The number of fused-ring (bicyclic) bond motifs is 1. The van der Waals surface area contributed by atoms with Crippen molar-refractivity contribution in [3.8, 4) is 0 Å². The predicted molar refractivity (Wildman–Crippen MR) is 89.5 cm³/mol. The number of hydrogen-bond acceptors (Lipinski definition) is 4. The van der Waals surface area contributed by atoms with E-state index < -0.39 is 24.1 Å². The maximum atomic E-state index is 12.7. The molecule has 1 atom stereocenters. The van der Waals surface area contributed by atoms with E-state index in [1.165, 1.54) is 4.90 Å². The van der Waals surface area contributed by atoms with Crippen LogP contribution >= 0.6 is 11.3 Å². The average Bonchev–Trinajstić information content (AvgIpc) is 2.97. The van der Waals surface area contributed by atoms with Crippen LogP contribution in [0.25, 0.3) is 10.2 Å². The van der Waals surface area contributed by atoms with Crippen LogP contribution in [0, 0.1) is 0 Å². The molecule has 0 spiro atoms. The summed E-state index contributed by atoms with van der Waals surface area (Å²) in [6.45, 7) is 1.40. The van der Waals surface area contributed by atoms with Gasteiger partial charge in [-0.1, -0.05) is 12.1 Å². The molecule has 8 heteroatoms. The first-order chi connectivity index (χ1) is 11.7. The average molecular weight is 372 g/mol. The van der Waals surface area contributed by atoms with E-state index in [0.29, 0.717) is 32.9 Å². The Morgan fingerprint density at radius 3 is 2.56 bits per heavy atom. The van der Waals surface area contributed by atoms with Gasteiger partial charge in [0, 0.05) is 19.0 Å². The summed E-state index contributed by atoms with van der Waals surface area (Å²) in [5, 5.41) is 10.5. The number of benzene rings is 1. The highest BCUT2D eigenvalue weighted by atomic mass is 32.1. The van der Waals surface area contributed by atoms with E-state index in [0.717, 1.165) is 15.2 Å². The Hall–Kier alpha value is -1.67. The molecule has 1 saturated heterocycles. The lowest BCUT2D eigenvalue weighted by atomic mass is 9.95. The second kappa shape index (κ2) is 6.57. The number of likely N-dealkylation sites (tertiary alicyclic amines) is 1. The third-order valence-electron chi connectivity index (χ3n) is 4.61. The van der Waals surface area contributed by atoms with Crippen molar-refractivity contribution in [2.75, 3.05) is 13.1 Å². The maximum Gasteiger partial charge on any atom is 0.417 e. The Kier molecular flexibility index (Phi) is 4.76. The smallest absolute Gasteiger partial charge is 0.380 e. The third kappa shape index (κ3) is 3.79. The van der Waals surface area contributed by atoms with Gasteiger partial charge in [0.25, 0.3) is 0 Å². The molecule has 1 aromatic heterocycles. The van der Waals surface area contributed by atoms with Crippen molar-refractivity contribution >= 4 is 27.5 Å². The number of alkyl halides is 3. The second-order valence-corrected chi connectivity index (χ2v) is 7.69. The Morgan fingerprint density at radius 1 is 1.32 bits per heavy atom. The number of halogens is 3. The van der Waals surface area contributed by atoms with E-state index in [1.807, 2.05) is 24.3 Å². The van der Waals surface area contributed by atoms with E-state index in [1.54, 1.807) is 11.3 Å². The normalized spacial score (nSPS) is 19.2. The van der Waals surface area contributed by atoms with Gasteiger partial charge in [-0.3, -0.25) is 4.79 Å². The molecule has 136 valence electrons. The Labute approximate surface area is 147 Å². The zero-order valence-electron chi connectivity index (χ0n) is 13.7. The van der Waals surface area contributed by atoms with Gasteiger partial charge >= 0.3 is 6.18 Å². The molecule has 0 radical (unpaired) electrons. The highest BCUT2D eigenvalue weighted by Crippen LogP contribution is 2.36. The van der Waals surface area contributed by atoms with Gasteiger partial charge in [-0.2, -0.15) is 13.2 Å². The largest absolute Gasteiger partial charge is 0.417 e. The molecule has 0 aliphatic carbocycles. The van der Waals surface area contributed by atoms with Gasteiger partial charge in [0.15, 0.2) is 5.60 Å². The number of aromatic nitrogens is 1. The number of nitrogens with zero attached hydrogens (tertiary/aromatic N) is 2. The molecular formula is C17H19F3N2O2S. The summed E-state index contributed by atoms with van der Waals surface area (Å²) in [6.07, 6.45) is -4.43. The quantitative estimate of drug-likeness (QED) is 0.894. The zero-order chi connectivity index (χ0) is 18.2. The van der Waals surface area contributed by atoms with Crippen LogP contribution in [-0.4, -0.2) is 45.8 Å². The predicted octanol–water partition coefficient (Wildman–Crippen LogP) is 3.71. The number of rotatable bonds is 3. The second-order valence-electron chi connectivity index (χ2n) is 6.62. The summed E-state index contributed by atoms with van der Waals surface area (Å²) < 4.78 is 39.3. The molecule has 1 N–H and O–H groups in total. The molecular weight excluding hydrogens is 353 g/mol. The maximum absolute atomic E-state index is 12.7. The molecule has 25 heavy (non-hydrogen) atoms. The Bertz CT molecular complexity index is 732. The summed E-state index contributed by atoms with van der Waals surface area (Å²) in [6, 6.07) is 7.85. The number of thiazole rings is 1. The molecule has 0 unspecified atom stereocenters. The SMILES string of the molecule is C[C@@](O)(CC(=O)N1CCC(c2nc3ccccc3s2)CC1)C(F)(F)F. The number of aliphatic hydroxyl groups is 1. The molecule has 1 amide bonds. The monoisotopic (exact) mass is 372 g/mol. The van der Waals surface area contributed by atoms with Gasteiger partial charge in [-0.25, -0.2) is 4.98 Å². The van der Waals surface area contributed by atoms with Crippen LogP contribution in [-0.2, 0) is 4.79 Å². The van der Waals surface area contributed by atoms with Crippen LogP contribution in [0.5, 0.6) is 0 Å². The van der Waals surface area contributed by atoms with Crippen molar-refractivity contribution in [3.63, 3.8) is 0 Å². The van der Waals surface area contributed by atoms with Crippen LogP contribution < -0.4 is 0 Å². The summed E-state index contributed by atoms with van der Waals surface area (Å²) >= 11 is 1.62. The van der Waals surface area contributed by atoms with Crippen LogP contribution in [0.4, 0.5) is 13.2 Å². The van der Waals surface area contributed by atoms with Gasteiger partial charge in [0.05, 0.1) is 21.6 Å². The van der Waals surface area contributed by atoms with Crippen LogP contribution in [0.15, 0.2) is 24.3 Å². The first-order valence-electron chi connectivity index (χ1n) is 8.10. The van der Waals surface area contributed by atoms with Gasteiger partial charge in [-0.15, -0.1) is 11.3 Å². The van der Waals surface area contributed by atoms with Gasteiger partial charge < -0.3 is 10.0 Å². The lowest BCUT2D eigenvalue weighted by Gasteiger charge is -2.34. The standard InChI is InChI=1S/C17H19F3N2O2S/c1-16(24,17(18,19)20)10-14(23)22-8-6-11(7-9-22)15-21-12-4-2-3-5-13(12)25-15/h2-5,11,24H,6-10H2,1H3/t16-/m1/s1. The summed E-state index contributed by atoms with van der Waals surface area (Å²) in [5.41, 5.74) is -2.05. The fourth-order valence-electron chi connectivity index (χ4n) is 2.95. The van der Waals surface area contributed by atoms with E-state index >= 15 is 0 Å². The molecule has 0 bridgehead atoms. The Balaban J connectivity index is 1.61. The first kappa shape index (κ1) is 18.1. The molecule has 1 aromatic carbocycles.